The maximum Gasteiger partial charge on any atom is 0.223 e. The lowest BCUT2D eigenvalue weighted by Crippen LogP contribution is -2.37. The molecular weight excluding hydrogens is 192 g/mol. The van der Waals surface area contributed by atoms with Crippen LogP contribution in [0, 0.1) is 5.92 Å². The van der Waals surface area contributed by atoms with E-state index in [0.29, 0.717) is 13.1 Å². The molecule has 2 amide bonds. The van der Waals surface area contributed by atoms with Gasteiger partial charge in [0.15, 0.2) is 0 Å². The summed E-state index contributed by atoms with van der Waals surface area (Å²) in [6.07, 6.45) is 5.64. The summed E-state index contributed by atoms with van der Waals surface area (Å²) in [6.45, 7) is 2.53. The molecule has 86 valence electrons. The summed E-state index contributed by atoms with van der Waals surface area (Å²) in [5.74, 6) is 0.304. The summed E-state index contributed by atoms with van der Waals surface area (Å²) < 4.78 is 0. The first kappa shape index (κ1) is 12.0. The van der Waals surface area contributed by atoms with Gasteiger partial charge in [0.25, 0.3) is 0 Å². The highest BCUT2D eigenvalue weighted by atomic mass is 16.2. The molecule has 0 saturated heterocycles. The van der Waals surface area contributed by atoms with Crippen molar-refractivity contribution in [1.29, 1.82) is 0 Å². The molecule has 0 heterocycles. The maximum atomic E-state index is 11.6. The fourth-order valence-electron chi connectivity index (χ4n) is 1.93. The number of rotatable bonds is 4. The van der Waals surface area contributed by atoms with Gasteiger partial charge in [-0.1, -0.05) is 19.3 Å². The predicted octanol–water partition coefficient (Wildman–Crippen LogP) is 0.819. The summed E-state index contributed by atoms with van der Waals surface area (Å²) in [7, 11) is 0. The summed E-state index contributed by atoms with van der Waals surface area (Å²) >= 11 is 0. The fourth-order valence-corrected chi connectivity index (χ4v) is 1.93. The molecule has 0 aromatic heterocycles. The predicted molar refractivity (Wildman–Crippen MR) is 58.3 cm³/mol. The van der Waals surface area contributed by atoms with E-state index in [9.17, 15) is 9.59 Å². The lowest BCUT2D eigenvalue weighted by atomic mass is 9.89. The van der Waals surface area contributed by atoms with E-state index in [2.05, 4.69) is 10.6 Å². The van der Waals surface area contributed by atoms with Crippen molar-refractivity contribution in [3.63, 3.8) is 0 Å². The van der Waals surface area contributed by atoms with Crippen molar-refractivity contribution in [3.8, 4) is 0 Å². The van der Waals surface area contributed by atoms with Crippen molar-refractivity contribution in [1.82, 2.24) is 10.6 Å². The second kappa shape index (κ2) is 6.43. The number of carbonyl (C=O) groups is 2. The molecule has 0 aliphatic heterocycles. The number of hydrogen-bond donors (Lipinski definition) is 2. The third kappa shape index (κ3) is 4.81. The summed E-state index contributed by atoms with van der Waals surface area (Å²) in [4.78, 5) is 22.2. The van der Waals surface area contributed by atoms with E-state index in [0.717, 1.165) is 12.8 Å². The van der Waals surface area contributed by atoms with E-state index in [1.807, 2.05) is 0 Å². The van der Waals surface area contributed by atoms with E-state index < -0.39 is 0 Å². The van der Waals surface area contributed by atoms with Gasteiger partial charge in [0.05, 0.1) is 0 Å². The van der Waals surface area contributed by atoms with Gasteiger partial charge in [0.2, 0.25) is 11.8 Å². The molecule has 1 aliphatic rings. The number of nitrogens with one attached hydrogen (secondary N) is 2. The highest BCUT2D eigenvalue weighted by molar-refractivity contribution is 5.78. The molecule has 1 aliphatic carbocycles. The highest BCUT2D eigenvalue weighted by Gasteiger charge is 2.20. The minimum atomic E-state index is -0.0538. The minimum absolute atomic E-state index is 0.0538. The third-order valence-electron chi connectivity index (χ3n) is 2.77. The Balaban J connectivity index is 2.09. The maximum absolute atomic E-state index is 11.6. The van der Waals surface area contributed by atoms with E-state index in [-0.39, 0.29) is 17.7 Å². The fraction of sp³-hybridized carbons (Fsp3) is 0.818. The molecule has 2 N–H and O–H groups in total. The average molecular weight is 212 g/mol. The van der Waals surface area contributed by atoms with Crippen LogP contribution in [0.15, 0.2) is 0 Å². The minimum Gasteiger partial charge on any atom is -0.355 e. The number of hydrogen-bond acceptors (Lipinski definition) is 2. The SMILES string of the molecule is CC(=O)NCCNC(=O)C1CCCCC1. The molecule has 0 unspecified atom stereocenters. The van der Waals surface area contributed by atoms with Crippen LogP contribution < -0.4 is 10.6 Å². The zero-order chi connectivity index (χ0) is 11.1. The van der Waals surface area contributed by atoms with Crippen molar-refractivity contribution in [2.45, 2.75) is 39.0 Å². The molecule has 4 heteroatoms. The summed E-state index contributed by atoms with van der Waals surface area (Å²) in [5.41, 5.74) is 0. The van der Waals surface area contributed by atoms with Crippen molar-refractivity contribution in [3.05, 3.63) is 0 Å². The molecule has 0 spiro atoms. The van der Waals surface area contributed by atoms with Crippen LogP contribution in [0.1, 0.15) is 39.0 Å². The molecule has 1 saturated carbocycles. The smallest absolute Gasteiger partial charge is 0.223 e. The van der Waals surface area contributed by atoms with E-state index in [1.54, 1.807) is 0 Å². The first-order chi connectivity index (χ1) is 7.20. The third-order valence-corrected chi connectivity index (χ3v) is 2.77. The van der Waals surface area contributed by atoms with Gasteiger partial charge in [0, 0.05) is 25.9 Å². The number of carbonyl (C=O) groups excluding carboxylic acids is 2. The Hall–Kier alpha value is -1.06. The topological polar surface area (TPSA) is 58.2 Å². The van der Waals surface area contributed by atoms with Crippen molar-refractivity contribution < 1.29 is 9.59 Å². The van der Waals surface area contributed by atoms with Gasteiger partial charge in [-0.3, -0.25) is 9.59 Å². The van der Waals surface area contributed by atoms with E-state index in [1.165, 1.54) is 26.2 Å². The van der Waals surface area contributed by atoms with Crippen LogP contribution in [0.25, 0.3) is 0 Å². The Labute approximate surface area is 90.8 Å². The molecular formula is C11H20N2O2. The van der Waals surface area contributed by atoms with Gasteiger partial charge in [-0.2, -0.15) is 0 Å². The van der Waals surface area contributed by atoms with Gasteiger partial charge in [-0.15, -0.1) is 0 Å². The van der Waals surface area contributed by atoms with Crippen LogP contribution in [0.2, 0.25) is 0 Å². The molecule has 0 radical (unpaired) electrons. The normalized spacial score (nSPS) is 17.1. The van der Waals surface area contributed by atoms with Gasteiger partial charge >= 0.3 is 0 Å². The largest absolute Gasteiger partial charge is 0.355 e. The Kier molecular flexibility index (Phi) is 5.15. The molecule has 15 heavy (non-hydrogen) atoms. The Morgan fingerprint density at radius 2 is 1.67 bits per heavy atom. The molecule has 0 aromatic rings. The quantitative estimate of drug-likeness (QED) is 0.678. The number of amides is 2. The summed E-state index contributed by atoms with van der Waals surface area (Å²) in [6, 6.07) is 0. The van der Waals surface area contributed by atoms with Crippen molar-refractivity contribution >= 4 is 11.8 Å². The van der Waals surface area contributed by atoms with Crippen LogP contribution in [-0.4, -0.2) is 24.9 Å². The van der Waals surface area contributed by atoms with Gasteiger partial charge in [0.1, 0.15) is 0 Å². The second-order valence-corrected chi connectivity index (χ2v) is 4.11. The lowest BCUT2D eigenvalue weighted by molar-refractivity contribution is -0.126. The van der Waals surface area contributed by atoms with Gasteiger partial charge in [-0.05, 0) is 12.8 Å². The Morgan fingerprint density at radius 3 is 2.27 bits per heavy atom. The van der Waals surface area contributed by atoms with Gasteiger partial charge < -0.3 is 10.6 Å². The van der Waals surface area contributed by atoms with Crippen molar-refractivity contribution in [2.24, 2.45) is 5.92 Å². The lowest BCUT2D eigenvalue weighted by Gasteiger charge is -2.20. The van der Waals surface area contributed by atoms with E-state index >= 15 is 0 Å². The zero-order valence-corrected chi connectivity index (χ0v) is 9.34. The first-order valence-corrected chi connectivity index (χ1v) is 5.72. The van der Waals surface area contributed by atoms with Crippen LogP contribution in [0.5, 0.6) is 0 Å². The van der Waals surface area contributed by atoms with Crippen LogP contribution >= 0.6 is 0 Å². The molecule has 1 rings (SSSR count). The molecule has 0 aromatic carbocycles. The monoisotopic (exact) mass is 212 g/mol. The van der Waals surface area contributed by atoms with Crippen molar-refractivity contribution in [2.75, 3.05) is 13.1 Å². The Bertz CT molecular complexity index is 223. The first-order valence-electron chi connectivity index (χ1n) is 5.72. The highest BCUT2D eigenvalue weighted by Crippen LogP contribution is 2.23. The average Bonchev–Trinajstić information content (AvgIpc) is 2.25. The van der Waals surface area contributed by atoms with Crippen LogP contribution in [0.3, 0.4) is 0 Å². The van der Waals surface area contributed by atoms with Crippen LogP contribution in [0.4, 0.5) is 0 Å². The molecule has 0 bridgehead atoms. The van der Waals surface area contributed by atoms with E-state index in [4.69, 9.17) is 0 Å². The standard InChI is InChI=1S/C11H20N2O2/c1-9(14)12-7-8-13-11(15)10-5-3-2-4-6-10/h10H,2-8H2,1H3,(H,12,14)(H,13,15). The molecule has 0 atom stereocenters. The summed E-state index contributed by atoms with van der Waals surface area (Å²) in [5, 5.41) is 5.50. The Morgan fingerprint density at radius 1 is 1.07 bits per heavy atom. The second-order valence-electron chi connectivity index (χ2n) is 4.11. The van der Waals surface area contributed by atoms with Gasteiger partial charge in [-0.25, -0.2) is 0 Å². The van der Waals surface area contributed by atoms with Crippen LogP contribution in [-0.2, 0) is 9.59 Å². The molecule has 1 fully saturated rings. The molecule has 4 nitrogen and oxygen atoms in total. The zero-order valence-electron chi connectivity index (χ0n) is 9.34.